The molecule has 0 bridgehead atoms. The highest BCUT2D eigenvalue weighted by molar-refractivity contribution is 5.75. The van der Waals surface area contributed by atoms with Crippen molar-refractivity contribution >= 4 is 28.6 Å². The van der Waals surface area contributed by atoms with Crippen LogP contribution in [-0.2, 0) is 0 Å². The molecule has 0 aliphatic heterocycles. The molecule has 4 aromatic rings. The van der Waals surface area contributed by atoms with Crippen molar-refractivity contribution in [2.45, 2.75) is 31.4 Å². The minimum absolute atomic E-state index is 0.00117. The van der Waals surface area contributed by atoms with Gasteiger partial charge in [0.05, 0.1) is 17.4 Å². The van der Waals surface area contributed by atoms with Crippen LogP contribution in [0.4, 0.5) is 22.0 Å². The summed E-state index contributed by atoms with van der Waals surface area (Å²) in [6, 6.07) is 7.90. The van der Waals surface area contributed by atoms with Crippen molar-refractivity contribution < 1.29 is 4.39 Å². The predicted molar refractivity (Wildman–Crippen MR) is 104 cm³/mol. The molecule has 0 spiro atoms. The highest BCUT2D eigenvalue weighted by Gasteiger charge is 2.40. The van der Waals surface area contributed by atoms with Crippen molar-refractivity contribution in [3.05, 3.63) is 53.6 Å². The lowest BCUT2D eigenvalue weighted by atomic mass is 9.94. The van der Waals surface area contributed by atoms with E-state index in [0.29, 0.717) is 18.1 Å². The molecule has 1 aliphatic carbocycles. The van der Waals surface area contributed by atoms with Gasteiger partial charge in [-0.25, -0.2) is 14.4 Å². The third kappa shape index (κ3) is 2.94. The van der Waals surface area contributed by atoms with E-state index in [4.69, 9.17) is 5.73 Å². The Morgan fingerprint density at radius 3 is 2.96 bits per heavy atom. The van der Waals surface area contributed by atoms with Gasteiger partial charge in [0.1, 0.15) is 12.0 Å². The van der Waals surface area contributed by atoms with E-state index in [1.54, 1.807) is 12.5 Å². The Hall–Kier alpha value is -3.49. The largest absolute Gasteiger partial charge is 0.368 e. The molecule has 1 fully saturated rings. The molecule has 3 unspecified atom stereocenters. The number of nitrogens with one attached hydrogen (secondary N) is 3. The van der Waals surface area contributed by atoms with Crippen LogP contribution in [0, 0.1) is 0 Å². The van der Waals surface area contributed by atoms with E-state index >= 15 is 0 Å². The van der Waals surface area contributed by atoms with Gasteiger partial charge in [-0.1, -0.05) is 13.0 Å². The number of H-pyrrole nitrogens is 2. The highest BCUT2D eigenvalue weighted by atomic mass is 19.1. The Kier molecular flexibility index (Phi) is 3.75. The zero-order chi connectivity index (χ0) is 19.3. The minimum atomic E-state index is -0.782. The van der Waals surface area contributed by atoms with Crippen molar-refractivity contribution in [2.75, 3.05) is 11.1 Å². The third-order valence-electron chi connectivity index (χ3n) is 5.20. The molecule has 5 N–H and O–H groups in total. The van der Waals surface area contributed by atoms with Gasteiger partial charge in [0.15, 0.2) is 5.82 Å². The molecular weight excluding hydrogens is 359 g/mol. The lowest BCUT2D eigenvalue weighted by Crippen LogP contribution is -2.07. The van der Waals surface area contributed by atoms with Crippen LogP contribution in [-0.4, -0.2) is 36.3 Å². The van der Waals surface area contributed by atoms with Crippen molar-refractivity contribution in [1.29, 1.82) is 0 Å². The van der Waals surface area contributed by atoms with Gasteiger partial charge in [0, 0.05) is 35.4 Å². The summed E-state index contributed by atoms with van der Waals surface area (Å²) >= 11 is 0. The van der Waals surface area contributed by atoms with Crippen LogP contribution in [0.2, 0.25) is 0 Å². The van der Waals surface area contributed by atoms with Gasteiger partial charge in [-0.15, -0.1) is 0 Å². The van der Waals surface area contributed by atoms with E-state index in [-0.39, 0.29) is 17.8 Å². The number of nitrogens with two attached hydrogens (primary N) is 1. The summed E-state index contributed by atoms with van der Waals surface area (Å²) in [4.78, 5) is 15.9. The Labute approximate surface area is 159 Å². The molecule has 0 saturated heterocycles. The first-order valence-electron chi connectivity index (χ1n) is 9.10. The molecule has 1 saturated carbocycles. The van der Waals surface area contributed by atoms with Gasteiger partial charge in [-0.05, 0) is 24.1 Å². The molecule has 1 aliphatic rings. The summed E-state index contributed by atoms with van der Waals surface area (Å²) < 4.78 is 13.3. The first-order chi connectivity index (χ1) is 13.6. The van der Waals surface area contributed by atoms with Crippen molar-refractivity contribution in [1.82, 2.24) is 30.1 Å². The van der Waals surface area contributed by atoms with Gasteiger partial charge < -0.3 is 16.0 Å². The van der Waals surface area contributed by atoms with Crippen LogP contribution in [0.3, 0.4) is 0 Å². The van der Waals surface area contributed by atoms with Crippen molar-refractivity contribution in [3.8, 4) is 0 Å². The van der Waals surface area contributed by atoms with E-state index < -0.39 is 6.17 Å². The average molecular weight is 378 g/mol. The number of fused-ring (bicyclic) bond motifs is 1. The van der Waals surface area contributed by atoms with E-state index in [1.807, 2.05) is 24.3 Å². The number of anilines is 3. The molecule has 3 heterocycles. The van der Waals surface area contributed by atoms with E-state index in [0.717, 1.165) is 27.9 Å². The third-order valence-corrected chi connectivity index (χ3v) is 5.20. The molecule has 3 aromatic heterocycles. The van der Waals surface area contributed by atoms with Gasteiger partial charge in [0.2, 0.25) is 5.95 Å². The summed E-state index contributed by atoms with van der Waals surface area (Å²) in [5.41, 5.74) is 10.4. The number of imidazole rings is 1. The van der Waals surface area contributed by atoms with Crippen molar-refractivity contribution in [3.63, 3.8) is 0 Å². The number of halogens is 1. The maximum absolute atomic E-state index is 13.3. The molecular formula is C19H19FN8. The number of benzene rings is 1. The number of rotatable bonds is 5. The van der Waals surface area contributed by atoms with Crippen LogP contribution in [0.1, 0.15) is 42.0 Å². The standard InChI is InChI=1S/C19H19FN8/c1-9(10-2-3-14-16(4-10)24-8-23-14)12-7-22-19(21)26-18(12)25-17-6-15(27-28-17)11-5-13(11)20/h2-4,6-9,11,13H,5H2,1H3,(H,23,24)(H4,21,22,25,26,27,28). The van der Waals surface area contributed by atoms with E-state index in [1.165, 1.54) is 0 Å². The average Bonchev–Trinajstić information content (AvgIpc) is 3.09. The van der Waals surface area contributed by atoms with Crippen LogP contribution >= 0.6 is 0 Å². The van der Waals surface area contributed by atoms with Crippen LogP contribution in [0.25, 0.3) is 11.0 Å². The number of aromatic amines is 2. The highest BCUT2D eigenvalue weighted by Crippen LogP contribution is 2.43. The monoisotopic (exact) mass is 378 g/mol. The molecule has 142 valence electrons. The Morgan fingerprint density at radius 1 is 1.29 bits per heavy atom. The van der Waals surface area contributed by atoms with Gasteiger partial charge >= 0.3 is 0 Å². The maximum atomic E-state index is 13.3. The summed E-state index contributed by atoms with van der Waals surface area (Å²) in [5, 5.41) is 10.3. The number of hydrogen-bond donors (Lipinski definition) is 4. The number of nitrogen functional groups attached to an aromatic ring is 1. The van der Waals surface area contributed by atoms with Crippen molar-refractivity contribution in [2.24, 2.45) is 0 Å². The first-order valence-corrected chi connectivity index (χ1v) is 9.10. The topological polar surface area (TPSA) is 121 Å². The first kappa shape index (κ1) is 16.7. The van der Waals surface area contributed by atoms with Crippen LogP contribution in [0.5, 0.6) is 0 Å². The molecule has 0 radical (unpaired) electrons. The second-order valence-electron chi connectivity index (χ2n) is 7.12. The molecule has 8 nitrogen and oxygen atoms in total. The lowest BCUT2D eigenvalue weighted by Gasteiger charge is -2.16. The minimum Gasteiger partial charge on any atom is -0.368 e. The Morgan fingerprint density at radius 2 is 2.14 bits per heavy atom. The SMILES string of the molecule is CC(c1ccc2[nH]cnc2c1)c1cnc(N)nc1Nc1cc(C2CC2F)[nH]n1. The van der Waals surface area contributed by atoms with Crippen LogP contribution < -0.4 is 11.1 Å². The second kappa shape index (κ2) is 6.29. The quantitative estimate of drug-likeness (QED) is 0.422. The zero-order valence-corrected chi connectivity index (χ0v) is 15.1. The van der Waals surface area contributed by atoms with Gasteiger partial charge in [-0.3, -0.25) is 5.10 Å². The summed E-state index contributed by atoms with van der Waals surface area (Å²) in [6.07, 6.45) is 3.15. The summed E-state index contributed by atoms with van der Waals surface area (Å²) in [6.45, 7) is 2.07. The summed E-state index contributed by atoms with van der Waals surface area (Å²) in [7, 11) is 0. The Bertz CT molecular complexity index is 1150. The molecule has 5 rings (SSSR count). The maximum Gasteiger partial charge on any atom is 0.221 e. The molecule has 0 amide bonds. The van der Waals surface area contributed by atoms with E-state index in [2.05, 4.69) is 42.4 Å². The fourth-order valence-corrected chi connectivity index (χ4v) is 3.42. The number of nitrogens with zero attached hydrogens (tertiary/aromatic N) is 4. The fourth-order valence-electron chi connectivity index (χ4n) is 3.42. The number of hydrogen-bond acceptors (Lipinski definition) is 6. The normalized spacial score (nSPS) is 19.6. The number of alkyl halides is 1. The molecule has 1 aromatic carbocycles. The molecule has 9 heteroatoms. The number of aromatic nitrogens is 6. The Balaban J connectivity index is 1.46. The molecule has 3 atom stereocenters. The fraction of sp³-hybridized carbons (Fsp3) is 0.263. The smallest absolute Gasteiger partial charge is 0.221 e. The summed E-state index contributed by atoms with van der Waals surface area (Å²) in [5.74, 6) is 1.23. The zero-order valence-electron chi connectivity index (χ0n) is 15.1. The predicted octanol–water partition coefficient (Wildman–Crippen LogP) is 3.38. The second-order valence-corrected chi connectivity index (χ2v) is 7.12. The van der Waals surface area contributed by atoms with Crippen LogP contribution in [0.15, 0.2) is 36.8 Å². The van der Waals surface area contributed by atoms with Gasteiger partial charge in [-0.2, -0.15) is 10.1 Å². The lowest BCUT2D eigenvalue weighted by molar-refractivity contribution is 0.466. The van der Waals surface area contributed by atoms with E-state index in [9.17, 15) is 4.39 Å². The van der Waals surface area contributed by atoms with Gasteiger partial charge in [0.25, 0.3) is 0 Å². The molecule has 28 heavy (non-hydrogen) atoms.